The number of carbonyl (C=O) groups is 2. The number of halogens is 3. The fourth-order valence-corrected chi connectivity index (χ4v) is 4.43. The van der Waals surface area contributed by atoms with Gasteiger partial charge in [-0.05, 0) is 59.6 Å². The molecule has 0 bridgehead atoms. The number of benzene rings is 3. The van der Waals surface area contributed by atoms with Gasteiger partial charge in [0, 0.05) is 22.0 Å². The molecule has 0 radical (unpaired) electrons. The van der Waals surface area contributed by atoms with Crippen molar-refractivity contribution in [1.82, 2.24) is 10.6 Å². The molecule has 1 heterocycles. The molecule has 1 N–H and O–H groups in total. The summed E-state index contributed by atoms with van der Waals surface area (Å²) in [5.41, 5.74) is 4.78. The van der Waals surface area contributed by atoms with E-state index in [-0.39, 0.29) is 24.1 Å². The van der Waals surface area contributed by atoms with Crippen LogP contribution in [-0.4, -0.2) is 29.3 Å². The van der Waals surface area contributed by atoms with E-state index < -0.39 is 5.97 Å². The Balaban J connectivity index is 1.57. The highest BCUT2D eigenvalue weighted by molar-refractivity contribution is 6.38. The van der Waals surface area contributed by atoms with Crippen molar-refractivity contribution in [2.45, 2.75) is 32.2 Å². The Labute approximate surface area is 230 Å². The second-order valence-corrected chi connectivity index (χ2v) is 9.68. The average Bonchev–Trinajstić information content (AvgIpc) is 3.33. The second-order valence-electron chi connectivity index (χ2n) is 8.40. The Morgan fingerprint density at radius 1 is 1.03 bits per heavy atom. The fourth-order valence-electron chi connectivity index (χ4n) is 3.81. The topological polar surface area (TPSA) is 74.2 Å². The Bertz CT molecular complexity index is 1290. The minimum Gasteiger partial charge on any atom is -0.342 e. The van der Waals surface area contributed by atoms with Gasteiger partial charge in [-0.3, -0.25) is 15.2 Å². The zero-order chi connectivity index (χ0) is 26.4. The Hall–Kier alpha value is -3.10. The summed E-state index contributed by atoms with van der Waals surface area (Å²) in [7, 11) is 0. The lowest BCUT2D eigenvalue weighted by Crippen LogP contribution is -2.45. The number of hydrogen-bond acceptors (Lipinski definition) is 6. The SMILES string of the molecule is CCCCN(NC(=O)c1ccccc1)OC(=O)C1=NN(c2ccc(Cl)cc2Cl)C(c2ccc(Cl)cc2)C1. The average molecular weight is 560 g/mol. The maximum absolute atomic E-state index is 13.2. The first-order chi connectivity index (χ1) is 17.9. The van der Waals surface area contributed by atoms with E-state index in [1.807, 2.05) is 25.1 Å². The summed E-state index contributed by atoms with van der Waals surface area (Å²) in [5, 5.41) is 8.89. The summed E-state index contributed by atoms with van der Waals surface area (Å²) < 4.78 is 0. The number of hydrazone groups is 1. The van der Waals surface area contributed by atoms with E-state index in [1.54, 1.807) is 59.6 Å². The van der Waals surface area contributed by atoms with Crippen molar-refractivity contribution in [2.24, 2.45) is 5.10 Å². The number of rotatable bonds is 9. The maximum Gasteiger partial charge on any atom is 0.375 e. The maximum atomic E-state index is 13.2. The van der Waals surface area contributed by atoms with Crippen LogP contribution in [0.2, 0.25) is 15.1 Å². The van der Waals surface area contributed by atoms with Gasteiger partial charge in [0.2, 0.25) is 0 Å². The molecule has 0 aromatic heterocycles. The van der Waals surface area contributed by atoms with Crippen LogP contribution < -0.4 is 10.4 Å². The van der Waals surface area contributed by atoms with Crippen molar-refractivity contribution < 1.29 is 14.4 Å². The molecule has 0 fully saturated rings. The van der Waals surface area contributed by atoms with Crippen LogP contribution in [-0.2, 0) is 9.63 Å². The zero-order valence-electron chi connectivity index (χ0n) is 20.0. The monoisotopic (exact) mass is 558 g/mol. The molecule has 10 heteroatoms. The lowest BCUT2D eigenvalue weighted by molar-refractivity contribution is -0.193. The van der Waals surface area contributed by atoms with E-state index in [0.29, 0.717) is 39.3 Å². The molecule has 4 rings (SSSR count). The quantitative estimate of drug-likeness (QED) is 0.290. The van der Waals surface area contributed by atoms with Crippen molar-refractivity contribution in [2.75, 3.05) is 11.6 Å². The van der Waals surface area contributed by atoms with Crippen LogP contribution in [0.4, 0.5) is 5.69 Å². The third-order valence-corrected chi connectivity index (χ3v) is 6.52. The van der Waals surface area contributed by atoms with Gasteiger partial charge < -0.3 is 4.84 Å². The number of hydroxylamine groups is 1. The van der Waals surface area contributed by atoms with Crippen LogP contribution in [0.5, 0.6) is 0 Å². The van der Waals surface area contributed by atoms with E-state index in [2.05, 4.69) is 10.5 Å². The van der Waals surface area contributed by atoms with E-state index in [0.717, 1.165) is 12.0 Å². The smallest absolute Gasteiger partial charge is 0.342 e. The largest absolute Gasteiger partial charge is 0.375 e. The van der Waals surface area contributed by atoms with Crippen LogP contribution >= 0.6 is 34.8 Å². The molecule has 1 atom stereocenters. The summed E-state index contributed by atoms with van der Waals surface area (Å²) in [6.07, 6.45) is 1.81. The van der Waals surface area contributed by atoms with Gasteiger partial charge in [-0.1, -0.05) is 78.5 Å². The molecule has 0 saturated heterocycles. The third kappa shape index (κ3) is 6.81. The van der Waals surface area contributed by atoms with Crippen LogP contribution in [0.1, 0.15) is 48.1 Å². The highest BCUT2D eigenvalue weighted by Gasteiger charge is 2.35. The van der Waals surface area contributed by atoms with Gasteiger partial charge in [-0.25, -0.2) is 4.79 Å². The summed E-state index contributed by atoms with van der Waals surface area (Å²) in [6, 6.07) is 20.8. The standard InChI is InChI=1S/C27H25Cl3N4O3/c1-2-3-15-33(32-26(35)19-7-5-4-6-8-19)37-27(36)23-17-25(18-9-11-20(28)12-10-18)34(31-23)24-14-13-21(29)16-22(24)30/h4-14,16,25H,2-3,15,17H2,1H3,(H,32,35). The Kier molecular flexibility index (Phi) is 9.05. The predicted molar refractivity (Wildman–Crippen MR) is 147 cm³/mol. The molecular formula is C27H25Cl3N4O3. The molecule has 1 aliphatic rings. The fraction of sp³-hybridized carbons (Fsp3) is 0.222. The van der Waals surface area contributed by atoms with Crippen LogP contribution in [0.3, 0.4) is 0 Å². The predicted octanol–water partition coefficient (Wildman–Crippen LogP) is 6.86. The molecule has 7 nitrogen and oxygen atoms in total. The molecule has 0 aliphatic carbocycles. The van der Waals surface area contributed by atoms with Crippen molar-refractivity contribution in [3.63, 3.8) is 0 Å². The number of hydrazine groups is 1. The highest BCUT2D eigenvalue weighted by atomic mass is 35.5. The minimum atomic E-state index is -0.670. The van der Waals surface area contributed by atoms with E-state index >= 15 is 0 Å². The number of carbonyl (C=O) groups excluding carboxylic acids is 2. The first-order valence-electron chi connectivity index (χ1n) is 11.8. The molecule has 37 heavy (non-hydrogen) atoms. The third-order valence-electron chi connectivity index (χ3n) is 5.73. The van der Waals surface area contributed by atoms with Crippen LogP contribution in [0, 0.1) is 0 Å². The first-order valence-corrected chi connectivity index (χ1v) is 12.9. The summed E-state index contributed by atoms with van der Waals surface area (Å²) in [4.78, 5) is 31.5. The summed E-state index contributed by atoms with van der Waals surface area (Å²) in [6.45, 7) is 2.33. The molecule has 3 aromatic carbocycles. The highest BCUT2D eigenvalue weighted by Crippen LogP contribution is 2.40. The van der Waals surface area contributed by atoms with Crippen molar-refractivity contribution >= 4 is 58.1 Å². The number of amides is 1. The van der Waals surface area contributed by atoms with Gasteiger partial charge in [0.15, 0.2) is 0 Å². The molecule has 192 valence electrons. The molecule has 1 amide bonds. The molecule has 1 aliphatic heterocycles. The van der Waals surface area contributed by atoms with E-state index in [1.165, 1.54) is 5.17 Å². The number of anilines is 1. The number of hydrogen-bond donors (Lipinski definition) is 1. The molecule has 3 aromatic rings. The van der Waals surface area contributed by atoms with E-state index in [9.17, 15) is 9.59 Å². The van der Waals surface area contributed by atoms with Gasteiger partial charge in [0.05, 0.1) is 23.3 Å². The van der Waals surface area contributed by atoms with Crippen LogP contribution in [0.25, 0.3) is 0 Å². The summed E-state index contributed by atoms with van der Waals surface area (Å²) >= 11 is 18.7. The van der Waals surface area contributed by atoms with Gasteiger partial charge in [0.1, 0.15) is 5.71 Å². The van der Waals surface area contributed by atoms with Gasteiger partial charge in [0.25, 0.3) is 5.91 Å². The normalized spacial score (nSPS) is 15.0. The summed E-state index contributed by atoms with van der Waals surface area (Å²) in [5.74, 6) is -1.05. The number of nitrogens with zero attached hydrogens (tertiary/aromatic N) is 3. The number of unbranched alkanes of at least 4 members (excludes halogenated alkanes) is 1. The zero-order valence-corrected chi connectivity index (χ0v) is 22.3. The van der Waals surface area contributed by atoms with Crippen molar-refractivity contribution in [3.05, 3.63) is 99.0 Å². The second kappa shape index (κ2) is 12.4. The molecule has 0 saturated carbocycles. The Morgan fingerprint density at radius 3 is 2.41 bits per heavy atom. The molecule has 1 unspecified atom stereocenters. The Morgan fingerprint density at radius 2 is 1.73 bits per heavy atom. The first kappa shape index (κ1) is 26.9. The minimum absolute atomic E-state index is 0.182. The van der Waals surface area contributed by atoms with Gasteiger partial charge in [-0.2, -0.15) is 5.10 Å². The lowest BCUT2D eigenvalue weighted by Gasteiger charge is -2.25. The van der Waals surface area contributed by atoms with Gasteiger partial charge >= 0.3 is 5.97 Å². The van der Waals surface area contributed by atoms with Crippen molar-refractivity contribution in [3.8, 4) is 0 Å². The van der Waals surface area contributed by atoms with E-state index in [4.69, 9.17) is 39.6 Å². The van der Waals surface area contributed by atoms with Crippen LogP contribution in [0.15, 0.2) is 77.9 Å². The molecular weight excluding hydrogens is 535 g/mol. The van der Waals surface area contributed by atoms with Crippen molar-refractivity contribution in [1.29, 1.82) is 0 Å². The van der Waals surface area contributed by atoms with Gasteiger partial charge in [-0.15, -0.1) is 0 Å². The number of nitrogens with one attached hydrogen (secondary N) is 1. The lowest BCUT2D eigenvalue weighted by atomic mass is 10.0. The molecule has 0 spiro atoms.